The fourth-order valence-electron chi connectivity index (χ4n) is 4.40. The highest BCUT2D eigenvalue weighted by molar-refractivity contribution is 7.14. The van der Waals surface area contributed by atoms with Crippen molar-refractivity contribution in [2.45, 2.75) is 59.2 Å². The van der Waals surface area contributed by atoms with Crippen LogP contribution in [0.5, 0.6) is 5.75 Å². The van der Waals surface area contributed by atoms with Crippen molar-refractivity contribution in [2.24, 2.45) is 5.92 Å². The van der Waals surface area contributed by atoms with Crippen LogP contribution in [0.25, 0.3) is 11.3 Å². The average molecular weight is 524 g/mol. The molecule has 0 saturated carbocycles. The summed E-state index contributed by atoms with van der Waals surface area (Å²) in [7, 11) is 0. The number of thiazole rings is 1. The van der Waals surface area contributed by atoms with E-state index in [1.165, 1.54) is 5.56 Å². The molecule has 37 heavy (non-hydrogen) atoms. The summed E-state index contributed by atoms with van der Waals surface area (Å²) in [6.07, 6.45) is 1.30. The number of rotatable bonds is 10. The summed E-state index contributed by atoms with van der Waals surface area (Å²) in [6, 6.07) is 12.5. The highest BCUT2D eigenvalue weighted by atomic mass is 32.1. The Kier molecular flexibility index (Phi) is 8.52. The van der Waals surface area contributed by atoms with Crippen LogP contribution >= 0.6 is 11.3 Å². The normalized spacial score (nSPS) is 14.7. The van der Waals surface area contributed by atoms with E-state index in [0.717, 1.165) is 38.8 Å². The number of aliphatic hydroxyl groups is 1. The molecule has 3 N–H and O–H groups in total. The van der Waals surface area contributed by atoms with Gasteiger partial charge in [0.05, 0.1) is 18.2 Å². The molecule has 8 heteroatoms. The molecule has 0 amide bonds. The number of benzene rings is 2. The monoisotopic (exact) mass is 523 g/mol. The summed E-state index contributed by atoms with van der Waals surface area (Å²) in [5.41, 5.74) is 6.12. The zero-order valence-electron chi connectivity index (χ0n) is 22.1. The largest absolute Gasteiger partial charge is 0.488 e. The Morgan fingerprint density at radius 1 is 1.19 bits per heavy atom. The molecule has 0 radical (unpaired) electrons. The number of aliphatic hydroxyl groups excluding tert-OH is 1. The SMILES string of the molecule is Cc1ccc(OCc2ccc(CNC(C)(C)CO)cc2C)c(-c2csc(N3CCC(C(=O)O)CC3)n2)c1. The Labute approximate surface area is 223 Å². The molecule has 1 aliphatic rings. The van der Waals surface area contributed by atoms with Crippen molar-refractivity contribution >= 4 is 22.4 Å². The van der Waals surface area contributed by atoms with Gasteiger partial charge >= 0.3 is 5.97 Å². The van der Waals surface area contributed by atoms with E-state index in [2.05, 4.69) is 53.7 Å². The van der Waals surface area contributed by atoms with Gasteiger partial charge in [-0.15, -0.1) is 11.3 Å². The lowest BCUT2D eigenvalue weighted by atomic mass is 9.97. The Morgan fingerprint density at radius 3 is 2.62 bits per heavy atom. The zero-order valence-corrected chi connectivity index (χ0v) is 22.9. The van der Waals surface area contributed by atoms with Gasteiger partial charge in [0.25, 0.3) is 0 Å². The van der Waals surface area contributed by atoms with E-state index in [1.54, 1.807) is 11.3 Å². The molecule has 0 atom stereocenters. The molecule has 7 nitrogen and oxygen atoms in total. The van der Waals surface area contributed by atoms with E-state index >= 15 is 0 Å². The van der Waals surface area contributed by atoms with Crippen LogP contribution < -0.4 is 15.0 Å². The van der Waals surface area contributed by atoms with E-state index in [-0.39, 0.29) is 18.1 Å². The molecular weight excluding hydrogens is 486 g/mol. The molecule has 1 saturated heterocycles. The summed E-state index contributed by atoms with van der Waals surface area (Å²) in [6.45, 7) is 10.8. The van der Waals surface area contributed by atoms with Gasteiger partial charge in [0.1, 0.15) is 12.4 Å². The van der Waals surface area contributed by atoms with Crippen molar-refractivity contribution in [1.29, 1.82) is 0 Å². The minimum absolute atomic E-state index is 0.0838. The maximum atomic E-state index is 11.3. The summed E-state index contributed by atoms with van der Waals surface area (Å²) < 4.78 is 6.32. The van der Waals surface area contributed by atoms with Gasteiger partial charge in [-0.05, 0) is 69.4 Å². The minimum Gasteiger partial charge on any atom is -0.488 e. The second-order valence-corrected chi connectivity index (χ2v) is 11.4. The van der Waals surface area contributed by atoms with E-state index in [0.29, 0.717) is 39.1 Å². The lowest BCUT2D eigenvalue weighted by molar-refractivity contribution is -0.142. The number of carboxylic acids is 1. The topological polar surface area (TPSA) is 94.9 Å². The number of anilines is 1. The Hall–Kier alpha value is -2.94. The minimum atomic E-state index is -0.701. The van der Waals surface area contributed by atoms with Gasteiger partial charge in [0.15, 0.2) is 5.13 Å². The molecule has 0 bridgehead atoms. The maximum Gasteiger partial charge on any atom is 0.306 e. The highest BCUT2D eigenvalue weighted by Crippen LogP contribution is 2.36. The number of aliphatic carboxylic acids is 1. The van der Waals surface area contributed by atoms with Crippen LogP contribution in [-0.2, 0) is 17.9 Å². The van der Waals surface area contributed by atoms with Crippen LogP contribution in [0.15, 0.2) is 41.8 Å². The van der Waals surface area contributed by atoms with Crippen molar-refractivity contribution in [2.75, 3.05) is 24.6 Å². The number of ether oxygens (including phenoxy) is 1. The van der Waals surface area contributed by atoms with Crippen LogP contribution in [-0.4, -0.2) is 46.4 Å². The number of aryl methyl sites for hydroxylation is 2. The van der Waals surface area contributed by atoms with Crippen molar-refractivity contribution in [3.8, 4) is 17.0 Å². The fourth-order valence-corrected chi connectivity index (χ4v) is 5.28. The van der Waals surface area contributed by atoms with Gasteiger partial charge in [-0.2, -0.15) is 0 Å². The number of hydrogen-bond acceptors (Lipinski definition) is 7. The third-order valence-corrected chi connectivity index (χ3v) is 7.88. The first kappa shape index (κ1) is 27.1. The lowest BCUT2D eigenvalue weighted by Crippen LogP contribution is -2.42. The molecule has 0 unspecified atom stereocenters. The first-order chi connectivity index (χ1) is 17.6. The number of piperidine rings is 1. The second kappa shape index (κ2) is 11.6. The first-order valence-corrected chi connectivity index (χ1v) is 13.6. The van der Waals surface area contributed by atoms with Crippen LogP contribution in [0.1, 0.15) is 48.9 Å². The molecule has 3 aromatic rings. The molecule has 1 aliphatic heterocycles. The van der Waals surface area contributed by atoms with Crippen molar-refractivity contribution in [3.63, 3.8) is 0 Å². The van der Waals surface area contributed by atoms with Crippen LogP contribution in [0, 0.1) is 19.8 Å². The Bertz CT molecular complexity index is 1230. The maximum absolute atomic E-state index is 11.3. The van der Waals surface area contributed by atoms with Crippen molar-refractivity contribution in [1.82, 2.24) is 10.3 Å². The van der Waals surface area contributed by atoms with Gasteiger partial charge in [-0.3, -0.25) is 4.79 Å². The first-order valence-electron chi connectivity index (χ1n) is 12.8. The standard InChI is InChI=1S/C29H37N3O4S/c1-19-5-8-26(36-16-23-7-6-21(14-20(23)2)15-30-29(3,4)18-33)24(13-19)25-17-37-28(31-25)32-11-9-22(10-12-32)27(34)35/h5-8,13-14,17,22,30,33H,9-12,15-16,18H2,1-4H3,(H,34,35). The van der Waals surface area contributed by atoms with Crippen molar-refractivity contribution in [3.05, 3.63) is 64.0 Å². The number of carbonyl (C=O) groups is 1. The molecule has 4 rings (SSSR count). The molecular formula is C29H37N3O4S. The number of hydrogen-bond donors (Lipinski definition) is 3. The molecule has 2 aromatic carbocycles. The number of nitrogens with one attached hydrogen (secondary N) is 1. The predicted octanol–water partition coefficient (Wildman–Crippen LogP) is 5.17. The quantitative estimate of drug-likeness (QED) is 0.338. The van der Waals surface area contributed by atoms with Gasteiger partial charge in [-0.1, -0.05) is 29.8 Å². The van der Waals surface area contributed by atoms with E-state index in [4.69, 9.17) is 9.72 Å². The number of aromatic nitrogens is 1. The summed E-state index contributed by atoms with van der Waals surface area (Å²) in [4.78, 5) is 18.4. The average Bonchev–Trinajstić information content (AvgIpc) is 3.38. The highest BCUT2D eigenvalue weighted by Gasteiger charge is 2.26. The summed E-state index contributed by atoms with van der Waals surface area (Å²) in [5, 5.41) is 25.1. The lowest BCUT2D eigenvalue weighted by Gasteiger charge is -2.29. The molecule has 0 spiro atoms. The fraction of sp³-hybridized carbons (Fsp3) is 0.448. The Balaban J connectivity index is 1.44. The van der Waals surface area contributed by atoms with E-state index < -0.39 is 5.97 Å². The smallest absolute Gasteiger partial charge is 0.306 e. The van der Waals surface area contributed by atoms with Crippen LogP contribution in [0.4, 0.5) is 5.13 Å². The Morgan fingerprint density at radius 2 is 1.95 bits per heavy atom. The van der Waals surface area contributed by atoms with E-state index in [1.807, 2.05) is 26.0 Å². The van der Waals surface area contributed by atoms with Crippen molar-refractivity contribution < 1.29 is 19.7 Å². The third kappa shape index (κ3) is 6.89. The molecule has 1 aromatic heterocycles. The van der Waals surface area contributed by atoms with E-state index in [9.17, 15) is 15.0 Å². The molecule has 1 fully saturated rings. The van der Waals surface area contributed by atoms with Crippen LogP contribution in [0.2, 0.25) is 0 Å². The molecule has 0 aliphatic carbocycles. The predicted molar refractivity (Wildman–Crippen MR) is 148 cm³/mol. The summed E-state index contributed by atoms with van der Waals surface area (Å²) >= 11 is 1.59. The number of nitrogens with zero attached hydrogens (tertiary/aromatic N) is 2. The van der Waals surface area contributed by atoms with Gasteiger partial charge < -0.3 is 25.2 Å². The van der Waals surface area contributed by atoms with Gasteiger partial charge in [0.2, 0.25) is 0 Å². The number of carboxylic acid groups (broad SMARTS) is 1. The zero-order chi connectivity index (χ0) is 26.6. The van der Waals surface area contributed by atoms with Gasteiger partial charge in [0, 0.05) is 36.1 Å². The van der Waals surface area contributed by atoms with Gasteiger partial charge in [-0.25, -0.2) is 4.98 Å². The molecule has 2 heterocycles. The molecule has 198 valence electrons. The summed E-state index contributed by atoms with van der Waals surface area (Å²) in [5.74, 6) is -0.163. The second-order valence-electron chi connectivity index (χ2n) is 10.6. The van der Waals surface area contributed by atoms with Crippen LogP contribution in [0.3, 0.4) is 0 Å². The third-order valence-electron chi connectivity index (χ3n) is 6.97.